The monoisotopic (exact) mass is 340 g/mol. The van der Waals surface area contributed by atoms with Gasteiger partial charge >= 0.3 is 0 Å². The quantitative estimate of drug-likeness (QED) is 0.917. The molecule has 0 amide bonds. The summed E-state index contributed by atoms with van der Waals surface area (Å²) in [6.45, 7) is 7.74. The topological polar surface area (TPSA) is 33.1 Å². The Morgan fingerprint density at radius 2 is 2.10 bits per heavy atom. The molecule has 0 bridgehead atoms. The van der Waals surface area contributed by atoms with Gasteiger partial charge in [-0.15, -0.1) is 0 Å². The summed E-state index contributed by atoms with van der Waals surface area (Å²) in [6.07, 6.45) is 4.06. The summed E-state index contributed by atoms with van der Waals surface area (Å²) in [5.74, 6) is 0.916. The van der Waals surface area contributed by atoms with Crippen molar-refractivity contribution in [3.05, 3.63) is 15.9 Å². The zero-order chi connectivity index (χ0) is 14.3. The molecule has 4 nitrogen and oxygen atoms in total. The van der Waals surface area contributed by atoms with E-state index in [9.17, 15) is 0 Å². The average Bonchev–Trinajstić information content (AvgIpc) is 3.20. The maximum absolute atomic E-state index is 4.52. The lowest BCUT2D eigenvalue weighted by molar-refractivity contribution is 0.186. The summed E-state index contributed by atoms with van der Waals surface area (Å²) >= 11 is 3.70. The highest BCUT2D eigenvalue weighted by molar-refractivity contribution is 9.10. The molecule has 1 aliphatic heterocycles. The smallest absolute Gasteiger partial charge is 0.0739 e. The van der Waals surface area contributed by atoms with E-state index >= 15 is 0 Å². The van der Waals surface area contributed by atoms with Crippen molar-refractivity contribution in [3.8, 4) is 0 Å². The molecule has 0 radical (unpaired) electrons. The van der Waals surface area contributed by atoms with Crippen LogP contribution in [0.2, 0.25) is 0 Å². The number of nitrogens with zero attached hydrogens (tertiary/aromatic N) is 3. The molecule has 0 spiro atoms. The molecule has 112 valence electrons. The molecular formula is C15H25BrN4. The Hall–Kier alpha value is -0.390. The molecule has 1 aromatic rings. The highest BCUT2D eigenvalue weighted by Gasteiger charge is 2.35. The molecule has 1 aromatic heterocycles. The van der Waals surface area contributed by atoms with Gasteiger partial charge in [0.1, 0.15) is 0 Å². The molecule has 1 saturated heterocycles. The van der Waals surface area contributed by atoms with Crippen LogP contribution < -0.4 is 5.32 Å². The lowest BCUT2D eigenvalue weighted by Crippen LogP contribution is -2.41. The number of aryl methyl sites for hydroxylation is 2. The molecule has 5 heteroatoms. The van der Waals surface area contributed by atoms with Crippen LogP contribution >= 0.6 is 15.9 Å². The maximum atomic E-state index is 4.52. The summed E-state index contributed by atoms with van der Waals surface area (Å²) in [7, 11) is 2.05. The van der Waals surface area contributed by atoms with Gasteiger partial charge in [0.2, 0.25) is 0 Å². The van der Waals surface area contributed by atoms with E-state index in [1.54, 1.807) is 0 Å². The van der Waals surface area contributed by atoms with E-state index in [1.165, 1.54) is 36.0 Å². The molecule has 20 heavy (non-hydrogen) atoms. The van der Waals surface area contributed by atoms with Gasteiger partial charge in [0.25, 0.3) is 0 Å². The first kappa shape index (κ1) is 14.5. The number of rotatable bonds is 3. The molecule has 2 aliphatic rings. The predicted octanol–water partition coefficient (Wildman–Crippen LogP) is 2.45. The number of nitrogens with one attached hydrogen (secondary N) is 1. The van der Waals surface area contributed by atoms with Crippen molar-refractivity contribution in [3.63, 3.8) is 0 Å². The fourth-order valence-corrected chi connectivity index (χ4v) is 3.70. The third-order valence-corrected chi connectivity index (χ3v) is 5.86. The Morgan fingerprint density at radius 1 is 1.35 bits per heavy atom. The van der Waals surface area contributed by atoms with Crippen molar-refractivity contribution in [2.75, 3.05) is 13.1 Å². The number of halogens is 1. The van der Waals surface area contributed by atoms with E-state index in [1.807, 2.05) is 11.7 Å². The van der Waals surface area contributed by atoms with E-state index in [0.717, 1.165) is 24.7 Å². The van der Waals surface area contributed by atoms with Gasteiger partial charge in [-0.05, 0) is 61.5 Å². The highest BCUT2D eigenvalue weighted by atomic mass is 79.9. The molecule has 2 atom stereocenters. The van der Waals surface area contributed by atoms with E-state index in [0.29, 0.717) is 12.1 Å². The molecule has 1 N–H and O–H groups in total. The lowest BCUT2D eigenvalue weighted by Gasteiger charge is -2.29. The molecular weight excluding hydrogens is 316 g/mol. The molecule has 2 unspecified atom stereocenters. The minimum Gasteiger partial charge on any atom is -0.312 e. The second-order valence-electron chi connectivity index (χ2n) is 6.43. The van der Waals surface area contributed by atoms with Crippen LogP contribution in [0.3, 0.4) is 0 Å². The molecule has 2 fully saturated rings. The van der Waals surface area contributed by atoms with Gasteiger partial charge in [-0.1, -0.05) is 0 Å². The summed E-state index contributed by atoms with van der Waals surface area (Å²) in [4.78, 5) is 2.63. The van der Waals surface area contributed by atoms with Gasteiger partial charge in [0.15, 0.2) is 0 Å². The number of hydrogen-bond acceptors (Lipinski definition) is 3. The molecule has 3 rings (SSSR count). The fourth-order valence-electron chi connectivity index (χ4n) is 3.24. The lowest BCUT2D eigenvalue weighted by atomic mass is 10.1. The third kappa shape index (κ3) is 2.95. The van der Waals surface area contributed by atoms with Crippen LogP contribution in [0, 0.1) is 12.8 Å². The van der Waals surface area contributed by atoms with E-state index in [4.69, 9.17) is 0 Å². The Balaban J connectivity index is 1.75. The fraction of sp³-hybridized carbons (Fsp3) is 0.800. The Morgan fingerprint density at radius 3 is 2.70 bits per heavy atom. The molecule has 1 saturated carbocycles. The largest absolute Gasteiger partial charge is 0.312 e. The Bertz CT molecular complexity index is 480. The van der Waals surface area contributed by atoms with Gasteiger partial charge in [-0.25, -0.2) is 0 Å². The standard InChI is InChI=1S/C15H25BrN4/c1-10-6-7-17-13(12-4-5-12)8-20(10)9-14-15(16)11(2)18-19(14)3/h10,12-13,17H,4-9H2,1-3H3. The minimum atomic E-state index is 0.633. The normalized spacial score (nSPS) is 28.6. The second kappa shape index (κ2) is 5.78. The second-order valence-corrected chi connectivity index (χ2v) is 7.23. The minimum absolute atomic E-state index is 0.633. The van der Waals surface area contributed by atoms with Crippen molar-refractivity contribution in [1.29, 1.82) is 0 Å². The van der Waals surface area contributed by atoms with Gasteiger partial charge in [-0.3, -0.25) is 9.58 Å². The first-order chi connectivity index (χ1) is 9.56. The van der Waals surface area contributed by atoms with E-state index in [-0.39, 0.29) is 0 Å². The Labute approximate surface area is 130 Å². The van der Waals surface area contributed by atoms with Crippen LogP contribution in [-0.2, 0) is 13.6 Å². The van der Waals surface area contributed by atoms with Crippen molar-refractivity contribution in [1.82, 2.24) is 20.0 Å². The van der Waals surface area contributed by atoms with Crippen molar-refractivity contribution in [2.24, 2.45) is 13.0 Å². The van der Waals surface area contributed by atoms with Crippen LogP contribution in [0.15, 0.2) is 4.47 Å². The molecule has 1 aliphatic carbocycles. The average molecular weight is 341 g/mol. The first-order valence-electron chi connectivity index (χ1n) is 7.71. The predicted molar refractivity (Wildman–Crippen MR) is 84.6 cm³/mol. The van der Waals surface area contributed by atoms with Crippen LogP contribution in [-0.4, -0.2) is 39.9 Å². The van der Waals surface area contributed by atoms with Crippen molar-refractivity contribution in [2.45, 2.75) is 51.7 Å². The number of hydrogen-bond donors (Lipinski definition) is 1. The summed E-state index contributed by atoms with van der Waals surface area (Å²) in [6, 6.07) is 1.32. The van der Waals surface area contributed by atoms with Gasteiger partial charge < -0.3 is 5.32 Å². The Kier molecular flexibility index (Phi) is 4.20. The van der Waals surface area contributed by atoms with Crippen LogP contribution in [0.4, 0.5) is 0 Å². The van der Waals surface area contributed by atoms with E-state index in [2.05, 4.69) is 45.1 Å². The zero-order valence-corrected chi connectivity index (χ0v) is 14.3. The van der Waals surface area contributed by atoms with Gasteiger partial charge in [0.05, 0.1) is 15.9 Å². The summed E-state index contributed by atoms with van der Waals surface area (Å²) < 4.78 is 3.20. The first-order valence-corrected chi connectivity index (χ1v) is 8.51. The van der Waals surface area contributed by atoms with Gasteiger partial charge in [0, 0.05) is 32.2 Å². The third-order valence-electron chi connectivity index (χ3n) is 4.83. The maximum Gasteiger partial charge on any atom is 0.0739 e. The molecule has 2 heterocycles. The van der Waals surface area contributed by atoms with Gasteiger partial charge in [-0.2, -0.15) is 5.10 Å². The van der Waals surface area contributed by atoms with Crippen LogP contribution in [0.5, 0.6) is 0 Å². The SMILES string of the molecule is Cc1nn(C)c(CN2CC(C3CC3)NCCC2C)c1Br. The highest BCUT2D eigenvalue weighted by Crippen LogP contribution is 2.34. The molecule has 0 aromatic carbocycles. The summed E-state index contributed by atoms with van der Waals surface area (Å²) in [5, 5.41) is 8.27. The summed E-state index contributed by atoms with van der Waals surface area (Å²) in [5.41, 5.74) is 2.38. The van der Waals surface area contributed by atoms with Crippen molar-refractivity contribution < 1.29 is 0 Å². The van der Waals surface area contributed by atoms with Crippen LogP contribution in [0.1, 0.15) is 37.6 Å². The van der Waals surface area contributed by atoms with E-state index < -0.39 is 0 Å². The van der Waals surface area contributed by atoms with Crippen molar-refractivity contribution >= 4 is 15.9 Å². The zero-order valence-electron chi connectivity index (χ0n) is 12.7. The number of aromatic nitrogens is 2. The van der Waals surface area contributed by atoms with Crippen LogP contribution in [0.25, 0.3) is 0 Å².